The van der Waals surface area contributed by atoms with E-state index in [0.717, 1.165) is 0 Å². The van der Waals surface area contributed by atoms with E-state index >= 15 is 0 Å². The van der Waals surface area contributed by atoms with Gasteiger partial charge in [-0.15, -0.1) is 0 Å². The third-order valence-electron chi connectivity index (χ3n) is 2.56. The number of aliphatic hydroxyl groups is 4. The van der Waals surface area contributed by atoms with Gasteiger partial charge in [0, 0.05) is 0 Å². The van der Waals surface area contributed by atoms with Crippen molar-refractivity contribution in [1.29, 1.82) is 0 Å². The van der Waals surface area contributed by atoms with Crippen molar-refractivity contribution >= 4 is 7.60 Å². The highest BCUT2D eigenvalue weighted by Gasteiger charge is 2.54. The van der Waals surface area contributed by atoms with Gasteiger partial charge in [-0.3, -0.25) is 4.57 Å². The molecule has 11 heteroatoms. The van der Waals surface area contributed by atoms with Crippen LogP contribution in [0.2, 0.25) is 0 Å². The third-order valence-corrected chi connectivity index (χ3v) is 3.59. The summed E-state index contributed by atoms with van der Waals surface area (Å²) in [6.07, 6.45) is -11.5. The molecule has 0 bridgehead atoms. The summed E-state index contributed by atoms with van der Waals surface area (Å²) in [5.74, 6) is 0. The van der Waals surface area contributed by atoms with Crippen LogP contribution in [0.4, 0.5) is 8.78 Å². The van der Waals surface area contributed by atoms with Gasteiger partial charge in [0.15, 0.2) is 6.29 Å². The zero-order valence-electron chi connectivity index (χ0n) is 8.80. The van der Waals surface area contributed by atoms with Gasteiger partial charge in [0.2, 0.25) is 0 Å². The van der Waals surface area contributed by atoms with E-state index in [1.807, 2.05) is 0 Å². The molecular formula is C7H13F2O8P. The van der Waals surface area contributed by atoms with E-state index in [2.05, 4.69) is 4.74 Å². The average Bonchev–Trinajstić information content (AvgIpc) is 2.21. The first-order chi connectivity index (χ1) is 7.97. The van der Waals surface area contributed by atoms with Crippen LogP contribution in [0.1, 0.15) is 6.42 Å². The molecule has 1 saturated heterocycles. The fourth-order valence-corrected chi connectivity index (χ4v) is 1.88. The first-order valence-corrected chi connectivity index (χ1v) is 6.40. The minimum Gasteiger partial charge on any atom is -0.388 e. The summed E-state index contributed by atoms with van der Waals surface area (Å²) in [6, 6.07) is 0. The van der Waals surface area contributed by atoms with Crippen molar-refractivity contribution in [2.45, 2.75) is 42.8 Å². The molecule has 18 heavy (non-hydrogen) atoms. The van der Waals surface area contributed by atoms with Crippen molar-refractivity contribution in [1.82, 2.24) is 0 Å². The first-order valence-electron chi connectivity index (χ1n) is 4.78. The number of hydrogen-bond acceptors (Lipinski definition) is 6. The molecule has 0 radical (unpaired) electrons. The van der Waals surface area contributed by atoms with Crippen LogP contribution in [-0.4, -0.2) is 66.6 Å². The Morgan fingerprint density at radius 1 is 1.06 bits per heavy atom. The van der Waals surface area contributed by atoms with Gasteiger partial charge in [0.1, 0.15) is 18.3 Å². The van der Waals surface area contributed by atoms with Crippen LogP contribution in [-0.2, 0) is 9.30 Å². The van der Waals surface area contributed by atoms with E-state index < -0.39 is 50.4 Å². The smallest absolute Gasteiger partial charge is 0.388 e. The minimum absolute atomic E-state index is 1.61. The molecule has 1 rings (SSSR count). The molecule has 0 spiro atoms. The standard InChI is InChI=1S/C7H13F2O8P/c8-7(9,18(14,15)16)1-2-3(10)4(11)5(12)6(13)17-2/h2-6,10-13H,1H2,(H2,14,15,16)/t2-,3-,4+,5-,6+/m1/s1. The fraction of sp³-hybridized carbons (Fsp3) is 1.00. The summed E-state index contributed by atoms with van der Waals surface area (Å²) < 4.78 is 41.0. The quantitative estimate of drug-likeness (QED) is 0.326. The molecule has 1 aliphatic heterocycles. The molecule has 0 unspecified atom stereocenters. The predicted molar refractivity (Wildman–Crippen MR) is 50.5 cm³/mol. The van der Waals surface area contributed by atoms with Gasteiger partial charge < -0.3 is 34.9 Å². The number of halogens is 2. The second-order valence-electron chi connectivity index (χ2n) is 3.95. The number of ether oxygens (including phenoxy) is 1. The largest absolute Gasteiger partial charge is 0.394 e. The van der Waals surface area contributed by atoms with Crippen LogP contribution in [0.15, 0.2) is 0 Å². The lowest BCUT2D eigenvalue weighted by molar-refractivity contribution is -0.287. The second kappa shape index (κ2) is 5.06. The maximum absolute atomic E-state index is 13.1. The molecule has 0 aromatic carbocycles. The summed E-state index contributed by atoms with van der Waals surface area (Å²) >= 11 is 0. The number of rotatable bonds is 3. The van der Waals surface area contributed by atoms with Crippen molar-refractivity contribution in [3.63, 3.8) is 0 Å². The van der Waals surface area contributed by atoms with Crippen LogP contribution in [0, 0.1) is 0 Å². The van der Waals surface area contributed by atoms with Gasteiger partial charge in [0.05, 0.1) is 12.5 Å². The summed E-state index contributed by atoms with van der Waals surface area (Å²) in [7, 11) is -5.77. The lowest BCUT2D eigenvalue weighted by Gasteiger charge is -2.39. The Morgan fingerprint density at radius 3 is 2.00 bits per heavy atom. The summed E-state index contributed by atoms with van der Waals surface area (Å²) in [6.45, 7) is 0. The van der Waals surface area contributed by atoms with E-state index in [1.165, 1.54) is 0 Å². The Hall–Kier alpha value is -0.190. The van der Waals surface area contributed by atoms with Gasteiger partial charge >= 0.3 is 13.3 Å². The highest BCUT2D eigenvalue weighted by atomic mass is 31.2. The molecule has 1 aliphatic rings. The highest BCUT2D eigenvalue weighted by molar-refractivity contribution is 7.53. The van der Waals surface area contributed by atoms with Gasteiger partial charge in [0.25, 0.3) is 0 Å². The van der Waals surface area contributed by atoms with Crippen LogP contribution in [0.25, 0.3) is 0 Å². The van der Waals surface area contributed by atoms with E-state index in [-0.39, 0.29) is 0 Å². The van der Waals surface area contributed by atoms with E-state index in [9.17, 15) is 23.6 Å². The normalized spacial score (nSPS) is 38.8. The zero-order valence-corrected chi connectivity index (χ0v) is 9.69. The monoisotopic (exact) mass is 294 g/mol. The van der Waals surface area contributed by atoms with Crippen molar-refractivity contribution in [3.05, 3.63) is 0 Å². The van der Waals surface area contributed by atoms with Crippen LogP contribution >= 0.6 is 7.60 Å². The maximum atomic E-state index is 13.1. The molecule has 0 aromatic rings. The second-order valence-corrected chi connectivity index (χ2v) is 5.69. The Balaban J connectivity index is 2.82. The molecule has 1 fully saturated rings. The average molecular weight is 294 g/mol. The predicted octanol–water partition coefficient (Wildman–Crippen LogP) is -2.05. The molecule has 0 aliphatic carbocycles. The van der Waals surface area contributed by atoms with E-state index in [1.54, 1.807) is 0 Å². The molecule has 6 N–H and O–H groups in total. The minimum atomic E-state index is -5.77. The van der Waals surface area contributed by atoms with Crippen molar-refractivity contribution in [2.24, 2.45) is 0 Å². The van der Waals surface area contributed by atoms with Gasteiger partial charge in [-0.2, -0.15) is 8.78 Å². The topological polar surface area (TPSA) is 148 Å². The Morgan fingerprint density at radius 2 is 1.56 bits per heavy atom. The van der Waals surface area contributed by atoms with E-state index in [0.29, 0.717) is 0 Å². The zero-order chi connectivity index (χ0) is 14.3. The SMILES string of the molecule is O=P(O)(O)C(F)(F)C[C@H]1O[C@H](O)[C@H](O)[C@@H](O)[C@@H]1O. The fourth-order valence-electron chi connectivity index (χ4n) is 1.46. The lowest BCUT2D eigenvalue weighted by atomic mass is 9.97. The summed E-state index contributed by atoms with van der Waals surface area (Å²) in [5.41, 5.74) is -4.49. The van der Waals surface area contributed by atoms with Crippen LogP contribution < -0.4 is 0 Å². The molecule has 8 nitrogen and oxygen atoms in total. The highest BCUT2D eigenvalue weighted by Crippen LogP contribution is 2.55. The Kier molecular flexibility index (Phi) is 4.46. The van der Waals surface area contributed by atoms with Gasteiger partial charge in [-0.1, -0.05) is 0 Å². The molecular weight excluding hydrogens is 281 g/mol. The number of aliphatic hydroxyl groups excluding tert-OH is 4. The Bertz CT molecular complexity index is 346. The van der Waals surface area contributed by atoms with Crippen molar-refractivity contribution in [2.75, 3.05) is 0 Å². The van der Waals surface area contributed by atoms with Crippen LogP contribution in [0.5, 0.6) is 0 Å². The van der Waals surface area contributed by atoms with Crippen LogP contribution in [0.3, 0.4) is 0 Å². The van der Waals surface area contributed by atoms with Gasteiger partial charge in [-0.05, 0) is 0 Å². The van der Waals surface area contributed by atoms with Crippen molar-refractivity contribution in [3.8, 4) is 0 Å². The maximum Gasteiger partial charge on any atom is 0.394 e. The molecule has 0 saturated carbocycles. The van der Waals surface area contributed by atoms with Crippen molar-refractivity contribution < 1.29 is 48.3 Å². The molecule has 1 heterocycles. The molecule has 108 valence electrons. The molecule has 5 atom stereocenters. The summed E-state index contributed by atoms with van der Waals surface area (Å²) in [4.78, 5) is 16.8. The molecule has 0 amide bonds. The number of alkyl halides is 2. The molecule has 0 aromatic heterocycles. The van der Waals surface area contributed by atoms with E-state index in [4.69, 9.17) is 20.0 Å². The lowest BCUT2D eigenvalue weighted by Crippen LogP contribution is -2.58. The number of hydrogen-bond donors (Lipinski definition) is 6. The Labute approximate surface area is 99.6 Å². The third kappa shape index (κ3) is 3.03. The summed E-state index contributed by atoms with van der Waals surface area (Å²) in [5, 5.41) is 36.7. The first kappa shape index (κ1) is 15.9. The van der Waals surface area contributed by atoms with Gasteiger partial charge in [-0.25, -0.2) is 0 Å².